The molecule has 0 aliphatic rings. The summed E-state index contributed by atoms with van der Waals surface area (Å²) in [6.45, 7) is 2.07. The maximum Gasteiger partial charge on any atom is 0.315 e. The van der Waals surface area contributed by atoms with Gasteiger partial charge in [-0.15, -0.1) is 24.8 Å². The molecule has 4 rings (SSSR count). The number of ether oxygens (including phenoxy) is 1. The van der Waals surface area contributed by atoms with Gasteiger partial charge >= 0.3 is 6.03 Å². The standard InChI is InChI=1S/C27H25Cl2N5O3.2ClH/c1-17-8-9-19-6-3-7-23(26(19)33-17)37-16-20-21(28)10-11-22(25(20)29)34(2)24(35)15-32-27(36)31-14-18-5-4-12-30-13-18;;/h3-13H,14-16H2,1-2H3,(H2,31,32,36);2*1H. The summed E-state index contributed by atoms with van der Waals surface area (Å²) >= 11 is 13.1. The van der Waals surface area contributed by atoms with Crippen LogP contribution >= 0.6 is 48.0 Å². The third-order valence-electron chi connectivity index (χ3n) is 5.67. The van der Waals surface area contributed by atoms with E-state index in [-0.39, 0.29) is 48.9 Å². The molecule has 39 heavy (non-hydrogen) atoms. The van der Waals surface area contributed by atoms with Crippen molar-refractivity contribution in [2.75, 3.05) is 18.5 Å². The lowest BCUT2D eigenvalue weighted by Gasteiger charge is -2.21. The Morgan fingerprint density at radius 1 is 1.00 bits per heavy atom. The lowest BCUT2D eigenvalue weighted by Crippen LogP contribution is -2.42. The van der Waals surface area contributed by atoms with Gasteiger partial charge in [-0.1, -0.05) is 47.5 Å². The lowest BCUT2D eigenvalue weighted by molar-refractivity contribution is -0.117. The number of pyridine rings is 2. The van der Waals surface area contributed by atoms with Gasteiger partial charge in [0.25, 0.3) is 0 Å². The van der Waals surface area contributed by atoms with Gasteiger partial charge in [-0.3, -0.25) is 9.78 Å². The summed E-state index contributed by atoms with van der Waals surface area (Å²) in [5.41, 5.74) is 3.44. The van der Waals surface area contributed by atoms with Crippen LogP contribution in [0.4, 0.5) is 10.5 Å². The first kappa shape index (κ1) is 31.9. The van der Waals surface area contributed by atoms with Crippen LogP contribution in [0.3, 0.4) is 0 Å². The summed E-state index contributed by atoms with van der Waals surface area (Å²) in [4.78, 5) is 34.8. The molecule has 2 heterocycles. The van der Waals surface area contributed by atoms with E-state index in [1.807, 2.05) is 43.3 Å². The smallest absolute Gasteiger partial charge is 0.315 e. The van der Waals surface area contributed by atoms with E-state index in [0.717, 1.165) is 22.2 Å². The zero-order chi connectivity index (χ0) is 26.4. The molecule has 0 atom stereocenters. The van der Waals surface area contributed by atoms with Crippen LogP contribution in [0, 0.1) is 6.92 Å². The maximum atomic E-state index is 12.8. The number of aryl methyl sites for hydroxylation is 1. The van der Waals surface area contributed by atoms with E-state index in [9.17, 15) is 9.59 Å². The van der Waals surface area contributed by atoms with E-state index in [1.54, 1.807) is 37.6 Å². The highest BCUT2D eigenvalue weighted by Gasteiger charge is 2.19. The molecule has 0 bridgehead atoms. The monoisotopic (exact) mass is 609 g/mol. The van der Waals surface area contributed by atoms with Gasteiger partial charge in [0.2, 0.25) is 5.91 Å². The van der Waals surface area contributed by atoms with Crippen molar-refractivity contribution in [3.8, 4) is 5.75 Å². The summed E-state index contributed by atoms with van der Waals surface area (Å²) in [6.07, 6.45) is 3.31. The van der Waals surface area contributed by atoms with Crippen molar-refractivity contribution in [3.05, 3.63) is 93.9 Å². The fraction of sp³-hybridized carbons (Fsp3) is 0.185. The lowest BCUT2D eigenvalue weighted by atomic mass is 10.1. The van der Waals surface area contributed by atoms with Crippen LogP contribution in [-0.4, -0.2) is 35.5 Å². The number of nitrogens with one attached hydrogen (secondary N) is 2. The molecule has 8 nitrogen and oxygen atoms in total. The average molecular weight is 611 g/mol. The molecule has 2 N–H and O–H groups in total. The second-order valence-corrected chi connectivity index (χ2v) is 9.06. The summed E-state index contributed by atoms with van der Waals surface area (Å²) in [6, 6.07) is 16.1. The highest BCUT2D eigenvalue weighted by Crippen LogP contribution is 2.35. The predicted molar refractivity (Wildman–Crippen MR) is 160 cm³/mol. The first-order valence-electron chi connectivity index (χ1n) is 11.5. The molecule has 0 spiro atoms. The quantitative estimate of drug-likeness (QED) is 0.250. The Morgan fingerprint density at radius 2 is 1.79 bits per heavy atom. The van der Waals surface area contributed by atoms with Gasteiger partial charge in [0.05, 0.1) is 17.3 Å². The predicted octanol–water partition coefficient (Wildman–Crippen LogP) is 6.13. The largest absolute Gasteiger partial charge is 0.487 e. The molecular formula is C27H27Cl4N5O3. The fourth-order valence-corrected chi connectivity index (χ4v) is 4.22. The van der Waals surface area contributed by atoms with Gasteiger partial charge in [-0.25, -0.2) is 9.78 Å². The minimum atomic E-state index is -0.471. The number of aromatic nitrogens is 2. The molecule has 0 aliphatic heterocycles. The van der Waals surface area contributed by atoms with Crippen molar-refractivity contribution < 1.29 is 14.3 Å². The van der Waals surface area contributed by atoms with E-state index < -0.39 is 6.03 Å². The minimum absolute atomic E-state index is 0. The number of rotatable bonds is 8. The Balaban J connectivity index is 0.00000267. The number of hydrogen-bond donors (Lipinski definition) is 2. The molecule has 2 aromatic carbocycles. The number of carbonyl (C=O) groups excluding carboxylic acids is 2. The summed E-state index contributed by atoms with van der Waals surface area (Å²) in [7, 11) is 1.58. The van der Waals surface area contributed by atoms with Gasteiger partial charge in [0.15, 0.2) is 0 Å². The molecule has 206 valence electrons. The van der Waals surface area contributed by atoms with Gasteiger partial charge < -0.3 is 20.3 Å². The maximum absolute atomic E-state index is 12.8. The number of halogens is 4. The number of para-hydroxylation sites is 1. The number of hydrogen-bond acceptors (Lipinski definition) is 5. The van der Waals surface area contributed by atoms with Gasteiger partial charge in [-0.05, 0) is 42.8 Å². The number of fused-ring (bicyclic) bond motifs is 1. The molecule has 0 unspecified atom stereocenters. The van der Waals surface area contributed by atoms with Crippen LogP contribution in [0.1, 0.15) is 16.8 Å². The van der Waals surface area contributed by atoms with E-state index in [0.29, 0.717) is 28.6 Å². The zero-order valence-electron chi connectivity index (χ0n) is 21.1. The van der Waals surface area contributed by atoms with Crippen molar-refractivity contribution in [2.45, 2.75) is 20.1 Å². The molecule has 3 amide bonds. The first-order chi connectivity index (χ1) is 17.8. The Kier molecular flexibility index (Phi) is 12.1. The minimum Gasteiger partial charge on any atom is -0.487 e. The normalized spacial score (nSPS) is 10.2. The Morgan fingerprint density at radius 3 is 2.54 bits per heavy atom. The third-order valence-corrected chi connectivity index (χ3v) is 6.45. The number of urea groups is 1. The Labute approximate surface area is 248 Å². The second-order valence-electron chi connectivity index (χ2n) is 8.28. The number of benzene rings is 2. The first-order valence-corrected chi connectivity index (χ1v) is 12.2. The number of anilines is 1. The molecule has 2 aromatic heterocycles. The van der Waals surface area contributed by atoms with Crippen LogP contribution in [-0.2, 0) is 17.9 Å². The number of carbonyl (C=O) groups is 2. The molecule has 0 fully saturated rings. The van der Waals surface area contributed by atoms with E-state index in [2.05, 4.69) is 20.6 Å². The van der Waals surface area contributed by atoms with Crippen LogP contribution < -0.4 is 20.3 Å². The van der Waals surface area contributed by atoms with Crippen molar-refractivity contribution >= 4 is 76.5 Å². The van der Waals surface area contributed by atoms with Crippen LogP contribution in [0.2, 0.25) is 10.0 Å². The highest BCUT2D eigenvalue weighted by atomic mass is 35.5. The Bertz CT molecular complexity index is 1440. The number of nitrogens with zero attached hydrogens (tertiary/aromatic N) is 3. The fourth-order valence-electron chi connectivity index (χ4n) is 3.62. The van der Waals surface area contributed by atoms with Crippen LogP contribution in [0.5, 0.6) is 5.75 Å². The molecule has 0 aliphatic carbocycles. The van der Waals surface area contributed by atoms with Crippen LogP contribution in [0.25, 0.3) is 10.9 Å². The highest BCUT2D eigenvalue weighted by molar-refractivity contribution is 6.38. The Hall–Kier alpha value is -3.30. The molecule has 12 heteroatoms. The van der Waals surface area contributed by atoms with Crippen molar-refractivity contribution in [1.82, 2.24) is 20.6 Å². The molecule has 0 radical (unpaired) electrons. The summed E-state index contributed by atoms with van der Waals surface area (Å²) in [5.74, 6) is 0.242. The van der Waals surface area contributed by atoms with Gasteiger partial charge in [-0.2, -0.15) is 0 Å². The SMILES string of the molecule is Cc1ccc2cccc(OCc3c(Cl)ccc(N(C)C(=O)CNC(=O)NCc4cccnc4)c3Cl)c2n1.Cl.Cl. The summed E-state index contributed by atoms with van der Waals surface area (Å²) < 4.78 is 6.06. The zero-order valence-corrected chi connectivity index (χ0v) is 24.3. The van der Waals surface area contributed by atoms with Crippen molar-refractivity contribution in [1.29, 1.82) is 0 Å². The van der Waals surface area contributed by atoms with Gasteiger partial charge in [0, 0.05) is 47.7 Å². The van der Waals surface area contributed by atoms with Crippen molar-refractivity contribution in [3.63, 3.8) is 0 Å². The topological polar surface area (TPSA) is 96.5 Å². The molecule has 0 saturated carbocycles. The number of likely N-dealkylation sites (N-methyl/N-ethyl adjacent to an activating group) is 1. The van der Waals surface area contributed by atoms with E-state index >= 15 is 0 Å². The second kappa shape index (κ2) is 14.7. The molecule has 0 saturated heterocycles. The summed E-state index contributed by atoms with van der Waals surface area (Å²) in [5, 5.41) is 6.89. The van der Waals surface area contributed by atoms with Crippen LogP contribution in [0.15, 0.2) is 67.0 Å². The number of amides is 3. The molecular weight excluding hydrogens is 584 g/mol. The molecule has 4 aromatic rings. The average Bonchev–Trinajstić information content (AvgIpc) is 2.90. The van der Waals surface area contributed by atoms with Gasteiger partial charge in [0.1, 0.15) is 17.9 Å². The van der Waals surface area contributed by atoms with Crippen molar-refractivity contribution in [2.24, 2.45) is 0 Å². The van der Waals surface area contributed by atoms with E-state index in [1.165, 1.54) is 4.90 Å². The van der Waals surface area contributed by atoms with E-state index in [4.69, 9.17) is 27.9 Å². The third kappa shape index (κ3) is 8.10.